The number of carbonyl (C=O) groups excluding carboxylic acids is 2. The van der Waals surface area contributed by atoms with Crippen LogP contribution in [0.5, 0.6) is 5.75 Å². The molecule has 274 valence electrons. The van der Waals surface area contributed by atoms with E-state index < -0.39 is 50.8 Å². The van der Waals surface area contributed by atoms with Crippen LogP contribution in [-0.2, 0) is 36.3 Å². The van der Waals surface area contributed by atoms with E-state index in [0.717, 1.165) is 15.7 Å². The van der Waals surface area contributed by atoms with Gasteiger partial charge in [-0.25, -0.2) is 22.8 Å². The molecule has 1 fully saturated rings. The Hall–Kier alpha value is -4.69. The number of carbonyl (C=O) groups is 3. The van der Waals surface area contributed by atoms with Crippen molar-refractivity contribution < 1.29 is 42.1 Å². The predicted octanol–water partition coefficient (Wildman–Crippen LogP) is 5.89. The highest BCUT2D eigenvalue weighted by Crippen LogP contribution is 2.41. The van der Waals surface area contributed by atoms with Crippen molar-refractivity contribution in [2.24, 2.45) is 5.92 Å². The molecule has 3 aromatic carbocycles. The summed E-state index contributed by atoms with van der Waals surface area (Å²) in [5, 5.41) is 22.4. The van der Waals surface area contributed by atoms with E-state index in [4.69, 9.17) is 19.6 Å². The molecule has 0 saturated carbocycles. The zero-order chi connectivity index (χ0) is 37.4. The second kappa shape index (κ2) is 14.1. The fourth-order valence-electron chi connectivity index (χ4n) is 6.44. The van der Waals surface area contributed by atoms with Crippen molar-refractivity contribution in [3.63, 3.8) is 0 Å². The largest absolute Gasteiger partial charge is 0.493 e. The first-order valence-electron chi connectivity index (χ1n) is 16.9. The van der Waals surface area contributed by atoms with Gasteiger partial charge in [0.2, 0.25) is 15.6 Å². The number of sulfonamides is 1. The summed E-state index contributed by atoms with van der Waals surface area (Å²) in [6, 6.07) is 17.7. The molecule has 0 spiro atoms. The number of nitrogens with zero attached hydrogens (tertiary/aromatic N) is 2. The van der Waals surface area contributed by atoms with Gasteiger partial charge in [-0.1, -0.05) is 36.4 Å². The normalized spacial score (nSPS) is 18.8. The summed E-state index contributed by atoms with van der Waals surface area (Å²) in [7, 11) is -3.69. The van der Waals surface area contributed by atoms with Crippen molar-refractivity contribution in [2.75, 3.05) is 26.2 Å². The summed E-state index contributed by atoms with van der Waals surface area (Å²) in [5.74, 6) is -1.49. The van der Waals surface area contributed by atoms with Crippen molar-refractivity contribution >= 4 is 44.8 Å². The maximum absolute atomic E-state index is 14.3. The average molecular weight is 723 g/mol. The minimum absolute atomic E-state index is 0.0185. The molecule has 2 aliphatic heterocycles. The van der Waals surface area contributed by atoms with Crippen LogP contribution in [0, 0.1) is 11.3 Å². The number of esters is 1. The third-order valence-corrected chi connectivity index (χ3v) is 10.7. The van der Waals surface area contributed by atoms with Crippen molar-refractivity contribution in [3.8, 4) is 5.75 Å². The van der Waals surface area contributed by atoms with Gasteiger partial charge in [0.1, 0.15) is 22.8 Å². The number of ether oxygens (including phenoxy) is 3. The van der Waals surface area contributed by atoms with Gasteiger partial charge in [-0.15, -0.1) is 0 Å². The minimum atomic E-state index is -3.69. The number of benzene rings is 3. The van der Waals surface area contributed by atoms with Gasteiger partial charge in [0.05, 0.1) is 11.5 Å². The number of fused-ring (bicyclic) bond motifs is 2. The highest BCUT2D eigenvalue weighted by molar-refractivity contribution is 7.89. The Labute approximate surface area is 298 Å². The van der Waals surface area contributed by atoms with Gasteiger partial charge in [-0.3, -0.25) is 15.6 Å². The van der Waals surface area contributed by atoms with E-state index in [-0.39, 0.29) is 35.9 Å². The monoisotopic (exact) mass is 722 g/mol. The van der Waals surface area contributed by atoms with E-state index in [1.54, 1.807) is 65.8 Å². The highest BCUT2D eigenvalue weighted by Gasteiger charge is 2.58. The van der Waals surface area contributed by atoms with Crippen molar-refractivity contribution in [1.82, 2.24) is 14.5 Å². The van der Waals surface area contributed by atoms with Crippen LogP contribution >= 0.6 is 0 Å². The lowest BCUT2D eigenvalue weighted by Crippen LogP contribution is -2.67. The number of carboxylic acid groups (broad SMARTS) is 1. The smallest absolute Gasteiger partial charge is 0.411 e. The Morgan fingerprint density at radius 2 is 1.55 bits per heavy atom. The lowest BCUT2D eigenvalue weighted by Gasteiger charge is -2.46. The van der Waals surface area contributed by atoms with E-state index >= 15 is 0 Å². The lowest BCUT2D eigenvalue weighted by molar-refractivity contribution is -0.166. The first kappa shape index (κ1) is 37.6. The van der Waals surface area contributed by atoms with Crippen LogP contribution in [-0.4, -0.2) is 84.2 Å². The molecule has 2 aliphatic rings. The topological polar surface area (TPSA) is 176 Å². The number of amidine groups is 1. The molecule has 1 unspecified atom stereocenters. The molecule has 13 nitrogen and oxygen atoms in total. The van der Waals surface area contributed by atoms with Crippen molar-refractivity contribution in [1.29, 1.82) is 5.41 Å². The third kappa shape index (κ3) is 8.12. The first-order chi connectivity index (χ1) is 23.8. The fraction of sp³-hybridized carbons (Fsp3) is 0.459. The quantitative estimate of drug-likeness (QED) is 0.152. The van der Waals surface area contributed by atoms with Gasteiger partial charge in [0.15, 0.2) is 0 Å². The molecule has 0 bridgehead atoms. The minimum Gasteiger partial charge on any atom is -0.493 e. The SMILES string of the molecule is CC(C)(C)OC(=O)N1CCc2ccc(OCC3CCN(S(=O)(=O)c4ccc5ccccc5c4)CC3)cc2C1(C(=N)NC(=O)O)C(=O)OC(C)(C)C. The van der Waals surface area contributed by atoms with E-state index in [2.05, 4.69) is 0 Å². The zero-order valence-corrected chi connectivity index (χ0v) is 30.6. The second-order valence-corrected chi connectivity index (χ2v) is 16.8. The molecule has 5 rings (SSSR count). The van der Waals surface area contributed by atoms with Crippen molar-refractivity contribution in [2.45, 2.75) is 82.4 Å². The van der Waals surface area contributed by atoms with Crippen LogP contribution in [0.1, 0.15) is 65.5 Å². The van der Waals surface area contributed by atoms with Crippen LogP contribution in [0.15, 0.2) is 65.6 Å². The fourth-order valence-corrected chi connectivity index (χ4v) is 7.94. The summed E-state index contributed by atoms with van der Waals surface area (Å²) in [6.45, 7) is 10.7. The van der Waals surface area contributed by atoms with E-state index in [1.165, 1.54) is 10.4 Å². The van der Waals surface area contributed by atoms with Crippen LogP contribution in [0.4, 0.5) is 9.59 Å². The Morgan fingerprint density at radius 3 is 2.18 bits per heavy atom. The lowest BCUT2D eigenvalue weighted by atomic mass is 9.79. The molecular formula is C37H46N4O9S. The number of rotatable bonds is 7. The molecule has 0 aliphatic carbocycles. The molecule has 2 heterocycles. The standard InChI is InChI=1S/C37H46N4O9S/c1-35(2,3)49-32(42)37(31(38)39-33(43)44)30-22-28(13-11-26(30)17-20-41(37)34(45)50-36(4,5)6)48-23-24-15-18-40(19-16-24)51(46,47)29-14-12-25-9-7-8-10-27(25)21-29/h7-14,21-22,24H,15-20,23H2,1-6H3,(H2,38,39)(H,43,44). The molecule has 2 amide bonds. The Bertz CT molecular complexity index is 1940. The van der Waals surface area contributed by atoms with Crippen LogP contribution < -0.4 is 10.1 Å². The second-order valence-electron chi connectivity index (χ2n) is 14.9. The number of nitrogens with one attached hydrogen (secondary N) is 2. The molecule has 51 heavy (non-hydrogen) atoms. The predicted molar refractivity (Wildman–Crippen MR) is 190 cm³/mol. The van der Waals surface area contributed by atoms with E-state index in [1.807, 2.05) is 35.6 Å². The van der Waals surface area contributed by atoms with Gasteiger partial charge >= 0.3 is 18.2 Å². The number of hydrogen-bond donors (Lipinski definition) is 3. The highest BCUT2D eigenvalue weighted by atomic mass is 32.2. The number of amides is 2. The van der Waals surface area contributed by atoms with Crippen LogP contribution in [0.2, 0.25) is 0 Å². The number of hydrogen-bond acceptors (Lipinski definition) is 9. The van der Waals surface area contributed by atoms with Gasteiger partial charge < -0.3 is 19.3 Å². The number of piperidine rings is 1. The molecule has 14 heteroatoms. The molecule has 3 N–H and O–H groups in total. The Balaban J connectivity index is 1.39. The van der Waals surface area contributed by atoms with Gasteiger partial charge in [-0.2, -0.15) is 4.31 Å². The summed E-state index contributed by atoms with van der Waals surface area (Å²) >= 11 is 0. The molecule has 3 aromatic rings. The Morgan fingerprint density at radius 1 is 0.902 bits per heavy atom. The summed E-state index contributed by atoms with van der Waals surface area (Å²) in [5.41, 5.74) is -3.62. The molecular weight excluding hydrogens is 676 g/mol. The summed E-state index contributed by atoms with van der Waals surface area (Å²) in [6.07, 6.45) is -1.13. The molecule has 0 radical (unpaired) electrons. The van der Waals surface area contributed by atoms with Crippen LogP contribution in [0.25, 0.3) is 10.8 Å². The van der Waals surface area contributed by atoms with Crippen molar-refractivity contribution in [3.05, 3.63) is 71.8 Å². The van der Waals surface area contributed by atoms with Gasteiger partial charge in [0, 0.05) is 25.2 Å². The summed E-state index contributed by atoms with van der Waals surface area (Å²) in [4.78, 5) is 41.1. The Kier molecular flexibility index (Phi) is 10.4. The van der Waals surface area contributed by atoms with Crippen LogP contribution in [0.3, 0.4) is 0 Å². The average Bonchev–Trinajstić information content (AvgIpc) is 3.04. The van der Waals surface area contributed by atoms with E-state index in [9.17, 15) is 27.9 Å². The van der Waals surface area contributed by atoms with Gasteiger partial charge in [-0.05, 0) is 107 Å². The molecule has 1 atom stereocenters. The molecule has 1 saturated heterocycles. The van der Waals surface area contributed by atoms with Gasteiger partial charge in [0.25, 0.3) is 0 Å². The molecule has 0 aromatic heterocycles. The maximum atomic E-state index is 14.3. The van der Waals surface area contributed by atoms with E-state index in [0.29, 0.717) is 37.2 Å². The summed E-state index contributed by atoms with van der Waals surface area (Å²) < 4.78 is 46.1. The first-order valence-corrected chi connectivity index (χ1v) is 18.3. The maximum Gasteiger partial charge on any atom is 0.411 e. The third-order valence-electron chi connectivity index (χ3n) is 8.80. The zero-order valence-electron chi connectivity index (χ0n) is 29.8.